The first-order chi connectivity index (χ1) is 8.58. The van der Waals surface area contributed by atoms with Gasteiger partial charge < -0.3 is 5.32 Å². The van der Waals surface area contributed by atoms with Crippen LogP contribution in [0.3, 0.4) is 0 Å². The molecular weight excluding hydrogens is 292 g/mol. The highest BCUT2D eigenvalue weighted by atomic mass is 79.9. The summed E-state index contributed by atoms with van der Waals surface area (Å²) in [5, 5.41) is 7.57. The number of rotatable bonds is 4. The highest BCUT2D eigenvalue weighted by Gasteiger charge is 2.07. The number of hydrogen-bond acceptors (Lipinski definition) is 3. The van der Waals surface area contributed by atoms with Crippen molar-refractivity contribution >= 4 is 21.6 Å². The highest BCUT2D eigenvalue weighted by Crippen LogP contribution is 2.21. The molecule has 2 aromatic rings. The Morgan fingerprint density at radius 2 is 2.17 bits per heavy atom. The Bertz CT molecular complexity index is 534. The summed E-state index contributed by atoms with van der Waals surface area (Å²) in [5.41, 5.74) is 2.30. The Kier molecular flexibility index (Phi) is 4.01. The molecule has 1 aromatic carbocycles. The normalized spacial score (nSPS) is 10.9. The number of nitrogens with zero attached hydrogens (tertiary/aromatic N) is 3. The van der Waals surface area contributed by atoms with Crippen LogP contribution in [0.2, 0.25) is 0 Å². The van der Waals surface area contributed by atoms with Crippen molar-refractivity contribution in [3.8, 4) is 0 Å². The van der Waals surface area contributed by atoms with Gasteiger partial charge in [-0.3, -0.25) is 0 Å². The molecule has 96 valence electrons. The van der Waals surface area contributed by atoms with Crippen LogP contribution in [-0.2, 0) is 6.54 Å². The van der Waals surface area contributed by atoms with Crippen molar-refractivity contribution in [2.24, 2.45) is 0 Å². The SMILES string of the molecule is Cc1ccc(NCc2ncnn2C(C)C)cc1Br. The highest BCUT2D eigenvalue weighted by molar-refractivity contribution is 9.10. The first-order valence-electron chi connectivity index (χ1n) is 5.96. The molecular formula is C13H17BrN4. The van der Waals surface area contributed by atoms with E-state index in [1.165, 1.54) is 5.56 Å². The molecule has 0 aliphatic rings. The fourth-order valence-corrected chi connectivity index (χ4v) is 2.09. The maximum Gasteiger partial charge on any atom is 0.146 e. The summed E-state index contributed by atoms with van der Waals surface area (Å²) in [6.45, 7) is 6.94. The van der Waals surface area contributed by atoms with Gasteiger partial charge in [0.25, 0.3) is 0 Å². The van der Waals surface area contributed by atoms with E-state index in [0.717, 1.165) is 16.0 Å². The van der Waals surface area contributed by atoms with Gasteiger partial charge in [-0.15, -0.1) is 0 Å². The Morgan fingerprint density at radius 1 is 1.39 bits per heavy atom. The van der Waals surface area contributed by atoms with Crippen molar-refractivity contribution in [1.29, 1.82) is 0 Å². The van der Waals surface area contributed by atoms with E-state index in [-0.39, 0.29) is 0 Å². The molecule has 0 aliphatic carbocycles. The van der Waals surface area contributed by atoms with E-state index in [1.54, 1.807) is 6.33 Å². The first kappa shape index (κ1) is 13.1. The van der Waals surface area contributed by atoms with Gasteiger partial charge in [0.1, 0.15) is 12.2 Å². The van der Waals surface area contributed by atoms with Crippen LogP contribution >= 0.6 is 15.9 Å². The van der Waals surface area contributed by atoms with Crippen LogP contribution in [0.4, 0.5) is 5.69 Å². The second kappa shape index (κ2) is 5.52. The molecule has 0 fully saturated rings. The Morgan fingerprint density at radius 3 is 2.83 bits per heavy atom. The summed E-state index contributed by atoms with van der Waals surface area (Å²) in [4.78, 5) is 4.27. The Hall–Kier alpha value is -1.36. The molecule has 0 amide bonds. The molecule has 5 heteroatoms. The summed E-state index contributed by atoms with van der Waals surface area (Å²) in [7, 11) is 0. The third-order valence-corrected chi connectivity index (χ3v) is 3.61. The molecule has 0 saturated heterocycles. The third kappa shape index (κ3) is 2.90. The van der Waals surface area contributed by atoms with Gasteiger partial charge in [0, 0.05) is 16.2 Å². The number of anilines is 1. The monoisotopic (exact) mass is 308 g/mol. The minimum Gasteiger partial charge on any atom is -0.378 e. The second-order valence-electron chi connectivity index (χ2n) is 4.53. The van der Waals surface area contributed by atoms with Crippen molar-refractivity contribution in [3.63, 3.8) is 0 Å². The third-order valence-electron chi connectivity index (χ3n) is 2.76. The molecule has 1 N–H and O–H groups in total. The molecule has 4 nitrogen and oxygen atoms in total. The predicted octanol–water partition coefficient (Wildman–Crippen LogP) is 3.54. The van der Waals surface area contributed by atoms with E-state index in [1.807, 2.05) is 4.68 Å². The van der Waals surface area contributed by atoms with E-state index >= 15 is 0 Å². The first-order valence-corrected chi connectivity index (χ1v) is 6.75. The van der Waals surface area contributed by atoms with Gasteiger partial charge in [0.2, 0.25) is 0 Å². The predicted molar refractivity (Wildman–Crippen MR) is 76.6 cm³/mol. The number of halogens is 1. The average molecular weight is 309 g/mol. The topological polar surface area (TPSA) is 42.7 Å². The molecule has 0 bridgehead atoms. The quantitative estimate of drug-likeness (QED) is 0.939. The average Bonchev–Trinajstić information content (AvgIpc) is 2.79. The fourth-order valence-electron chi connectivity index (χ4n) is 1.72. The standard InChI is InChI=1S/C13H17BrN4/c1-9(2)18-13(16-8-17-18)7-15-11-5-4-10(3)12(14)6-11/h4-6,8-9,15H,7H2,1-3H3. The van der Waals surface area contributed by atoms with Crippen molar-refractivity contribution in [2.75, 3.05) is 5.32 Å². The maximum absolute atomic E-state index is 4.27. The number of aromatic nitrogens is 3. The number of nitrogens with one attached hydrogen (secondary N) is 1. The summed E-state index contributed by atoms with van der Waals surface area (Å²) in [6.07, 6.45) is 1.60. The van der Waals surface area contributed by atoms with E-state index < -0.39 is 0 Å². The van der Waals surface area contributed by atoms with Gasteiger partial charge in [0.15, 0.2) is 0 Å². The van der Waals surface area contributed by atoms with E-state index in [0.29, 0.717) is 12.6 Å². The van der Waals surface area contributed by atoms with E-state index in [2.05, 4.69) is 70.3 Å². The number of aryl methyl sites for hydroxylation is 1. The largest absolute Gasteiger partial charge is 0.378 e. The lowest BCUT2D eigenvalue weighted by Crippen LogP contribution is -2.12. The lowest BCUT2D eigenvalue weighted by molar-refractivity contribution is 0.509. The molecule has 1 heterocycles. The molecule has 1 aromatic heterocycles. The van der Waals surface area contributed by atoms with Gasteiger partial charge >= 0.3 is 0 Å². The van der Waals surface area contributed by atoms with Crippen LogP contribution in [0.15, 0.2) is 29.0 Å². The van der Waals surface area contributed by atoms with Crippen LogP contribution in [0, 0.1) is 6.92 Å². The second-order valence-corrected chi connectivity index (χ2v) is 5.39. The smallest absolute Gasteiger partial charge is 0.146 e. The minimum absolute atomic E-state index is 0.328. The number of benzene rings is 1. The molecule has 0 saturated carbocycles. The van der Waals surface area contributed by atoms with Crippen molar-refractivity contribution in [1.82, 2.24) is 14.8 Å². The minimum atomic E-state index is 0.328. The number of hydrogen-bond donors (Lipinski definition) is 1. The maximum atomic E-state index is 4.27. The molecule has 0 aliphatic heterocycles. The zero-order valence-corrected chi connectivity index (χ0v) is 12.4. The van der Waals surface area contributed by atoms with Crippen molar-refractivity contribution < 1.29 is 0 Å². The molecule has 2 rings (SSSR count). The van der Waals surface area contributed by atoms with E-state index in [4.69, 9.17) is 0 Å². The van der Waals surface area contributed by atoms with Gasteiger partial charge in [-0.1, -0.05) is 22.0 Å². The van der Waals surface area contributed by atoms with Gasteiger partial charge in [0.05, 0.1) is 6.54 Å². The Labute approximate surface area is 116 Å². The zero-order valence-electron chi connectivity index (χ0n) is 10.8. The molecule has 0 atom stereocenters. The lowest BCUT2D eigenvalue weighted by atomic mass is 10.2. The Balaban J connectivity index is 2.07. The van der Waals surface area contributed by atoms with Crippen LogP contribution in [0.25, 0.3) is 0 Å². The molecule has 0 unspecified atom stereocenters. The van der Waals surface area contributed by atoms with E-state index in [9.17, 15) is 0 Å². The van der Waals surface area contributed by atoms with Gasteiger partial charge in [-0.2, -0.15) is 5.10 Å². The van der Waals surface area contributed by atoms with Crippen LogP contribution < -0.4 is 5.32 Å². The fraction of sp³-hybridized carbons (Fsp3) is 0.385. The summed E-state index contributed by atoms with van der Waals surface area (Å²) < 4.78 is 3.04. The summed E-state index contributed by atoms with van der Waals surface area (Å²) in [6, 6.07) is 6.55. The van der Waals surface area contributed by atoms with Crippen LogP contribution in [0.5, 0.6) is 0 Å². The lowest BCUT2D eigenvalue weighted by Gasteiger charge is -2.11. The van der Waals surface area contributed by atoms with Crippen LogP contribution in [-0.4, -0.2) is 14.8 Å². The summed E-state index contributed by atoms with van der Waals surface area (Å²) >= 11 is 3.53. The molecule has 0 spiro atoms. The van der Waals surface area contributed by atoms with Crippen LogP contribution in [0.1, 0.15) is 31.3 Å². The van der Waals surface area contributed by atoms with Gasteiger partial charge in [-0.25, -0.2) is 9.67 Å². The summed E-state index contributed by atoms with van der Waals surface area (Å²) in [5.74, 6) is 0.946. The zero-order chi connectivity index (χ0) is 13.1. The molecule has 18 heavy (non-hydrogen) atoms. The molecule has 0 radical (unpaired) electrons. The van der Waals surface area contributed by atoms with Gasteiger partial charge in [-0.05, 0) is 38.5 Å². The van der Waals surface area contributed by atoms with Crippen molar-refractivity contribution in [2.45, 2.75) is 33.4 Å². The van der Waals surface area contributed by atoms with Crippen molar-refractivity contribution in [3.05, 3.63) is 40.4 Å².